The molecule has 0 aromatic carbocycles. The van der Waals surface area contributed by atoms with Crippen LogP contribution >= 0.6 is 11.3 Å². The van der Waals surface area contributed by atoms with Crippen LogP contribution in [0.15, 0.2) is 5.38 Å². The molecule has 0 unspecified atom stereocenters. The molecule has 1 aliphatic carbocycles. The maximum absolute atomic E-state index is 5.59. The highest BCUT2D eigenvalue weighted by molar-refractivity contribution is 7.13. The van der Waals surface area contributed by atoms with Gasteiger partial charge in [0.1, 0.15) is 0 Å². The molecule has 3 N–H and O–H groups in total. The van der Waals surface area contributed by atoms with Gasteiger partial charge in [0.2, 0.25) is 0 Å². The van der Waals surface area contributed by atoms with E-state index in [0.29, 0.717) is 5.41 Å². The van der Waals surface area contributed by atoms with Gasteiger partial charge in [0, 0.05) is 11.9 Å². The third-order valence-corrected chi connectivity index (χ3v) is 3.78. The van der Waals surface area contributed by atoms with Gasteiger partial charge in [-0.2, -0.15) is 0 Å². The lowest BCUT2D eigenvalue weighted by molar-refractivity contribution is 0.501. The van der Waals surface area contributed by atoms with Crippen LogP contribution in [0.25, 0.3) is 0 Å². The van der Waals surface area contributed by atoms with Crippen LogP contribution in [0.4, 0.5) is 5.13 Å². The van der Waals surface area contributed by atoms with Crippen LogP contribution in [0.2, 0.25) is 0 Å². The Labute approximate surface area is 88.7 Å². The van der Waals surface area contributed by atoms with Crippen molar-refractivity contribution >= 4 is 16.5 Å². The van der Waals surface area contributed by atoms with Crippen molar-refractivity contribution in [2.75, 3.05) is 18.4 Å². The molecule has 0 saturated heterocycles. The van der Waals surface area contributed by atoms with Crippen molar-refractivity contribution in [2.45, 2.75) is 26.2 Å². The highest BCUT2D eigenvalue weighted by Gasteiger charge is 2.41. The number of rotatable bonds is 5. The smallest absolute Gasteiger partial charge is 0.182 e. The fraction of sp³-hybridized carbons (Fsp3) is 0.700. The first-order valence-corrected chi connectivity index (χ1v) is 5.98. The van der Waals surface area contributed by atoms with Crippen LogP contribution in [0, 0.1) is 12.3 Å². The Kier molecular flexibility index (Phi) is 2.74. The lowest BCUT2D eigenvalue weighted by Gasteiger charge is -2.13. The minimum atomic E-state index is 0.494. The molecule has 1 aromatic heterocycles. The summed E-state index contributed by atoms with van der Waals surface area (Å²) in [7, 11) is 0. The molecule has 1 aliphatic rings. The molecule has 0 aliphatic heterocycles. The van der Waals surface area contributed by atoms with Crippen molar-refractivity contribution in [1.82, 2.24) is 4.98 Å². The molecule has 1 aromatic rings. The summed E-state index contributed by atoms with van der Waals surface area (Å²) in [6.45, 7) is 3.87. The molecular formula is C10H17N3S. The van der Waals surface area contributed by atoms with Gasteiger partial charge in [-0.05, 0) is 38.1 Å². The summed E-state index contributed by atoms with van der Waals surface area (Å²) >= 11 is 1.68. The molecule has 0 amide bonds. The number of hydrogen-bond acceptors (Lipinski definition) is 4. The number of anilines is 1. The van der Waals surface area contributed by atoms with E-state index >= 15 is 0 Å². The average Bonchev–Trinajstić information content (AvgIpc) is 2.80. The molecule has 14 heavy (non-hydrogen) atoms. The molecule has 2 rings (SSSR count). The number of aromatic nitrogens is 1. The summed E-state index contributed by atoms with van der Waals surface area (Å²) in [5, 5.41) is 6.53. The first-order valence-electron chi connectivity index (χ1n) is 5.10. The summed E-state index contributed by atoms with van der Waals surface area (Å²) in [6, 6.07) is 0. The third kappa shape index (κ3) is 2.25. The van der Waals surface area contributed by atoms with Gasteiger partial charge in [0.05, 0.1) is 5.69 Å². The van der Waals surface area contributed by atoms with E-state index < -0.39 is 0 Å². The van der Waals surface area contributed by atoms with Gasteiger partial charge < -0.3 is 11.1 Å². The van der Waals surface area contributed by atoms with Gasteiger partial charge in [0.25, 0.3) is 0 Å². The quantitative estimate of drug-likeness (QED) is 0.783. The van der Waals surface area contributed by atoms with Crippen molar-refractivity contribution in [3.63, 3.8) is 0 Å². The minimum Gasteiger partial charge on any atom is -0.361 e. The van der Waals surface area contributed by atoms with Gasteiger partial charge in [0.15, 0.2) is 5.13 Å². The summed E-state index contributed by atoms with van der Waals surface area (Å²) in [5.41, 5.74) is 7.18. The van der Waals surface area contributed by atoms with Crippen molar-refractivity contribution in [1.29, 1.82) is 0 Å². The van der Waals surface area contributed by atoms with E-state index in [1.54, 1.807) is 11.3 Å². The minimum absolute atomic E-state index is 0.494. The van der Waals surface area contributed by atoms with E-state index in [9.17, 15) is 0 Å². The van der Waals surface area contributed by atoms with Crippen LogP contribution in [-0.4, -0.2) is 18.1 Å². The third-order valence-electron chi connectivity index (χ3n) is 2.87. The molecule has 4 heteroatoms. The zero-order valence-corrected chi connectivity index (χ0v) is 9.36. The zero-order valence-electron chi connectivity index (χ0n) is 8.55. The van der Waals surface area contributed by atoms with Crippen LogP contribution in [0.1, 0.15) is 25.0 Å². The number of aryl methyl sites for hydroxylation is 1. The Balaban J connectivity index is 1.82. The average molecular weight is 211 g/mol. The maximum atomic E-state index is 5.59. The maximum Gasteiger partial charge on any atom is 0.182 e. The van der Waals surface area contributed by atoms with E-state index in [1.165, 1.54) is 12.8 Å². The van der Waals surface area contributed by atoms with Crippen molar-refractivity contribution in [3.05, 3.63) is 11.1 Å². The van der Waals surface area contributed by atoms with Crippen LogP contribution in [0.5, 0.6) is 0 Å². The molecule has 0 bridgehead atoms. The second-order valence-corrected chi connectivity index (χ2v) is 5.04. The van der Waals surface area contributed by atoms with E-state index in [0.717, 1.165) is 30.3 Å². The molecule has 1 saturated carbocycles. The van der Waals surface area contributed by atoms with Gasteiger partial charge >= 0.3 is 0 Å². The molecule has 3 nitrogen and oxygen atoms in total. The lowest BCUT2D eigenvalue weighted by Crippen LogP contribution is -2.19. The van der Waals surface area contributed by atoms with Gasteiger partial charge in [-0.15, -0.1) is 11.3 Å². The Morgan fingerprint density at radius 1 is 1.64 bits per heavy atom. The predicted molar refractivity (Wildman–Crippen MR) is 60.7 cm³/mol. The zero-order chi connectivity index (χ0) is 10.0. The topological polar surface area (TPSA) is 50.9 Å². The molecule has 0 radical (unpaired) electrons. The number of hydrogen-bond donors (Lipinski definition) is 2. The normalized spacial score (nSPS) is 18.1. The molecule has 1 fully saturated rings. The fourth-order valence-electron chi connectivity index (χ4n) is 1.70. The monoisotopic (exact) mass is 211 g/mol. The largest absolute Gasteiger partial charge is 0.361 e. The fourth-order valence-corrected chi connectivity index (χ4v) is 2.38. The summed E-state index contributed by atoms with van der Waals surface area (Å²) in [6.07, 6.45) is 3.79. The van der Waals surface area contributed by atoms with E-state index in [2.05, 4.69) is 15.7 Å². The van der Waals surface area contributed by atoms with Crippen LogP contribution in [0.3, 0.4) is 0 Å². The number of thiazole rings is 1. The predicted octanol–water partition coefficient (Wildman–Crippen LogP) is 1.99. The van der Waals surface area contributed by atoms with Crippen LogP contribution < -0.4 is 11.1 Å². The molecule has 0 spiro atoms. The molecule has 78 valence electrons. The Morgan fingerprint density at radius 3 is 2.93 bits per heavy atom. The van der Waals surface area contributed by atoms with E-state index in [1.807, 2.05) is 6.92 Å². The van der Waals surface area contributed by atoms with Gasteiger partial charge in [-0.3, -0.25) is 0 Å². The Hall–Kier alpha value is -0.610. The van der Waals surface area contributed by atoms with Gasteiger partial charge in [-0.25, -0.2) is 4.98 Å². The van der Waals surface area contributed by atoms with E-state index in [4.69, 9.17) is 5.73 Å². The number of nitrogens with two attached hydrogens (primary N) is 1. The Morgan fingerprint density at radius 2 is 2.43 bits per heavy atom. The van der Waals surface area contributed by atoms with Crippen molar-refractivity contribution < 1.29 is 0 Å². The van der Waals surface area contributed by atoms with Crippen molar-refractivity contribution in [3.8, 4) is 0 Å². The van der Waals surface area contributed by atoms with E-state index in [-0.39, 0.29) is 0 Å². The SMILES string of the molecule is Cc1csc(NCC2(CCN)CC2)n1. The number of nitrogens with zero attached hydrogens (tertiary/aromatic N) is 1. The first kappa shape index (κ1) is 9.93. The first-order chi connectivity index (χ1) is 6.74. The summed E-state index contributed by atoms with van der Waals surface area (Å²) in [5.74, 6) is 0. The van der Waals surface area contributed by atoms with Gasteiger partial charge in [-0.1, -0.05) is 0 Å². The van der Waals surface area contributed by atoms with Crippen molar-refractivity contribution in [2.24, 2.45) is 11.1 Å². The second kappa shape index (κ2) is 3.87. The molecule has 1 heterocycles. The highest BCUT2D eigenvalue weighted by Crippen LogP contribution is 2.48. The lowest BCUT2D eigenvalue weighted by atomic mass is 10.0. The second-order valence-electron chi connectivity index (χ2n) is 4.19. The standard InChI is InChI=1S/C10H17N3S/c1-8-6-14-9(13-8)12-7-10(2-3-10)4-5-11/h6H,2-5,7,11H2,1H3,(H,12,13). The summed E-state index contributed by atoms with van der Waals surface area (Å²) < 4.78 is 0. The highest BCUT2D eigenvalue weighted by atomic mass is 32.1. The summed E-state index contributed by atoms with van der Waals surface area (Å²) in [4.78, 5) is 4.38. The van der Waals surface area contributed by atoms with Crippen LogP contribution in [-0.2, 0) is 0 Å². The number of nitrogens with one attached hydrogen (secondary N) is 1. The molecular weight excluding hydrogens is 194 g/mol. The Bertz CT molecular complexity index is 304. The molecule has 0 atom stereocenters.